The van der Waals surface area contributed by atoms with Crippen LogP contribution in [-0.4, -0.2) is 31.7 Å². The first-order valence-corrected chi connectivity index (χ1v) is 7.16. The van der Waals surface area contributed by atoms with Crippen molar-refractivity contribution in [1.29, 1.82) is 0 Å². The van der Waals surface area contributed by atoms with Crippen LogP contribution in [-0.2, 0) is 4.74 Å². The Balaban J connectivity index is 2.28. The molecule has 1 aromatic carbocycles. The molecule has 0 amide bonds. The van der Waals surface area contributed by atoms with Crippen LogP contribution in [0.4, 0.5) is 0 Å². The fourth-order valence-electron chi connectivity index (χ4n) is 2.48. The van der Waals surface area contributed by atoms with Crippen molar-refractivity contribution in [2.45, 2.75) is 38.7 Å². The maximum absolute atomic E-state index is 12.6. The fourth-order valence-corrected chi connectivity index (χ4v) is 2.48. The van der Waals surface area contributed by atoms with E-state index in [1.54, 1.807) is 25.3 Å². The fraction of sp³-hybridized carbons (Fsp3) is 0.562. The van der Waals surface area contributed by atoms with Gasteiger partial charge in [0, 0.05) is 12.7 Å². The number of carbonyl (C=O) groups excluding carboxylic acids is 1. The molecule has 0 atom stereocenters. The summed E-state index contributed by atoms with van der Waals surface area (Å²) in [7, 11) is 1.61. The number of ketones is 1. The highest BCUT2D eigenvalue weighted by Gasteiger charge is 2.44. The van der Waals surface area contributed by atoms with Gasteiger partial charge < -0.3 is 14.2 Å². The number of benzene rings is 1. The summed E-state index contributed by atoms with van der Waals surface area (Å²) >= 11 is 0. The zero-order valence-corrected chi connectivity index (χ0v) is 12.4. The van der Waals surface area contributed by atoms with Gasteiger partial charge in [0.25, 0.3) is 0 Å². The third kappa shape index (κ3) is 2.66. The quantitative estimate of drug-likeness (QED) is 0.718. The highest BCUT2D eigenvalue weighted by Crippen LogP contribution is 2.39. The molecule has 1 saturated carbocycles. The van der Waals surface area contributed by atoms with E-state index in [2.05, 4.69) is 0 Å². The zero-order chi connectivity index (χ0) is 14.6. The molecule has 0 spiro atoms. The largest absolute Gasteiger partial charge is 0.490 e. The SMILES string of the molecule is CCOc1ccc(C(=O)C2(OC)CCC2)cc1OCC. The minimum Gasteiger partial charge on any atom is -0.490 e. The predicted molar refractivity (Wildman–Crippen MR) is 76.7 cm³/mol. The monoisotopic (exact) mass is 278 g/mol. The van der Waals surface area contributed by atoms with Gasteiger partial charge in [-0.1, -0.05) is 0 Å². The van der Waals surface area contributed by atoms with E-state index in [-0.39, 0.29) is 5.78 Å². The van der Waals surface area contributed by atoms with E-state index in [0.717, 1.165) is 19.3 Å². The van der Waals surface area contributed by atoms with Crippen LogP contribution < -0.4 is 9.47 Å². The van der Waals surface area contributed by atoms with Crippen molar-refractivity contribution in [3.63, 3.8) is 0 Å². The molecule has 0 aromatic heterocycles. The lowest BCUT2D eigenvalue weighted by Gasteiger charge is -2.38. The van der Waals surface area contributed by atoms with Gasteiger partial charge in [-0.2, -0.15) is 0 Å². The molecule has 1 aliphatic rings. The van der Waals surface area contributed by atoms with Crippen molar-refractivity contribution in [2.75, 3.05) is 20.3 Å². The van der Waals surface area contributed by atoms with Crippen molar-refractivity contribution in [3.05, 3.63) is 23.8 Å². The topological polar surface area (TPSA) is 44.8 Å². The third-order valence-corrected chi connectivity index (χ3v) is 3.77. The summed E-state index contributed by atoms with van der Waals surface area (Å²) in [5.41, 5.74) is -0.00479. The van der Waals surface area contributed by atoms with Gasteiger partial charge in [0.2, 0.25) is 0 Å². The minimum absolute atomic E-state index is 0.0373. The standard InChI is InChI=1S/C16H22O4/c1-4-19-13-8-7-12(11-14(13)20-5-2)15(17)16(18-3)9-6-10-16/h7-8,11H,4-6,9-10H2,1-3H3. The molecule has 110 valence electrons. The molecule has 1 aliphatic carbocycles. The molecular formula is C16H22O4. The molecule has 0 N–H and O–H groups in total. The Morgan fingerprint density at radius 2 is 1.80 bits per heavy atom. The summed E-state index contributed by atoms with van der Waals surface area (Å²) < 4.78 is 16.5. The molecule has 0 aliphatic heterocycles. The van der Waals surface area contributed by atoms with E-state index in [1.807, 2.05) is 13.8 Å². The van der Waals surface area contributed by atoms with Gasteiger partial charge in [-0.3, -0.25) is 4.79 Å². The molecule has 0 bridgehead atoms. The highest BCUT2D eigenvalue weighted by atomic mass is 16.5. The number of rotatable bonds is 7. The van der Waals surface area contributed by atoms with Gasteiger partial charge in [0.1, 0.15) is 5.60 Å². The molecule has 2 rings (SSSR count). The van der Waals surface area contributed by atoms with Gasteiger partial charge in [0.15, 0.2) is 17.3 Å². The van der Waals surface area contributed by atoms with Gasteiger partial charge in [-0.25, -0.2) is 0 Å². The Labute approximate surface area is 120 Å². The summed E-state index contributed by atoms with van der Waals surface area (Å²) in [5, 5.41) is 0. The maximum atomic E-state index is 12.6. The number of hydrogen-bond donors (Lipinski definition) is 0. The zero-order valence-electron chi connectivity index (χ0n) is 12.4. The molecule has 1 aromatic rings. The lowest BCUT2D eigenvalue weighted by molar-refractivity contribution is -0.0448. The van der Waals surface area contributed by atoms with E-state index >= 15 is 0 Å². The molecule has 0 unspecified atom stereocenters. The van der Waals surface area contributed by atoms with Crippen LogP contribution in [0.2, 0.25) is 0 Å². The maximum Gasteiger partial charge on any atom is 0.194 e. The first-order valence-electron chi connectivity index (χ1n) is 7.16. The second kappa shape index (κ2) is 6.27. The van der Waals surface area contributed by atoms with Gasteiger partial charge in [-0.05, 0) is 51.3 Å². The second-order valence-electron chi connectivity index (χ2n) is 4.91. The van der Waals surface area contributed by atoms with Crippen molar-refractivity contribution >= 4 is 5.78 Å². The minimum atomic E-state index is -0.628. The Kier molecular flexibility index (Phi) is 4.65. The summed E-state index contributed by atoms with van der Waals surface area (Å²) in [6.45, 7) is 4.93. The van der Waals surface area contributed by atoms with Crippen molar-refractivity contribution in [2.24, 2.45) is 0 Å². The van der Waals surface area contributed by atoms with Gasteiger partial charge in [-0.15, -0.1) is 0 Å². The predicted octanol–water partition coefficient (Wildman–Crippen LogP) is 3.24. The molecule has 0 heterocycles. The Hall–Kier alpha value is -1.55. The van der Waals surface area contributed by atoms with Crippen molar-refractivity contribution in [3.8, 4) is 11.5 Å². The Morgan fingerprint density at radius 3 is 2.30 bits per heavy atom. The second-order valence-corrected chi connectivity index (χ2v) is 4.91. The Bertz CT molecular complexity index is 472. The first-order chi connectivity index (χ1) is 9.66. The number of Topliss-reactive ketones (excluding diaryl/α,β-unsaturated/α-hetero) is 1. The molecule has 20 heavy (non-hydrogen) atoms. The molecule has 0 saturated heterocycles. The molecule has 4 nitrogen and oxygen atoms in total. The van der Waals surface area contributed by atoms with E-state index in [4.69, 9.17) is 14.2 Å². The van der Waals surface area contributed by atoms with Crippen LogP contribution in [0.15, 0.2) is 18.2 Å². The number of methoxy groups -OCH3 is 1. The average Bonchev–Trinajstić information content (AvgIpc) is 2.40. The van der Waals surface area contributed by atoms with E-state index < -0.39 is 5.60 Å². The smallest absolute Gasteiger partial charge is 0.194 e. The Morgan fingerprint density at radius 1 is 1.15 bits per heavy atom. The van der Waals surface area contributed by atoms with E-state index in [9.17, 15) is 4.79 Å². The van der Waals surface area contributed by atoms with Crippen LogP contribution in [0.3, 0.4) is 0 Å². The number of hydrogen-bond acceptors (Lipinski definition) is 4. The number of ether oxygens (including phenoxy) is 3. The summed E-state index contributed by atoms with van der Waals surface area (Å²) in [6, 6.07) is 5.34. The lowest BCUT2D eigenvalue weighted by atomic mass is 9.75. The van der Waals surface area contributed by atoms with E-state index in [1.165, 1.54) is 0 Å². The average molecular weight is 278 g/mol. The van der Waals surface area contributed by atoms with Crippen molar-refractivity contribution < 1.29 is 19.0 Å². The normalized spacial score (nSPS) is 16.4. The summed E-state index contributed by atoms with van der Waals surface area (Å²) in [5.74, 6) is 1.33. The van der Waals surface area contributed by atoms with E-state index in [0.29, 0.717) is 30.3 Å². The molecular weight excluding hydrogens is 256 g/mol. The van der Waals surface area contributed by atoms with Crippen LogP contribution in [0, 0.1) is 0 Å². The lowest BCUT2D eigenvalue weighted by Crippen LogP contribution is -2.47. The van der Waals surface area contributed by atoms with Gasteiger partial charge in [0.05, 0.1) is 13.2 Å². The van der Waals surface area contributed by atoms with Crippen LogP contribution in [0.5, 0.6) is 11.5 Å². The highest BCUT2D eigenvalue weighted by molar-refractivity contribution is 6.03. The van der Waals surface area contributed by atoms with Crippen LogP contribution >= 0.6 is 0 Å². The number of carbonyl (C=O) groups is 1. The van der Waals surface area contributed by atoms with Crippen LogP contribution in [0.25, 0.3) is 0 Å². The first kappa shape index (κ1) is 14.9. The molecule has 1 fully saturated rings. The molecule has 0 radical (unpaired) electrons. The summed E-state index contributed by atoms with van der Waals surface area (Å²) in [6.07, 6.45) is 2.62. The van der Waals surface area contributed by atoms with Crippen molar-refractivity contribution in [1.82, 2.24) is 0 Å². The van der Waals surface area contributed by atoms with Crippen LogP contribution in [0.1, 0.15) is 43.5 Å². The summed E-state index contributed by atoms with van der Waals surface area (Å²) in [4.78, 5) is 12.6. The van der Waals surface area contributed by atoms with Gasteiger partial charge >= 0.3 is 0 Å². The molecule has 4 heteroatoms. The third-order valence-electron chi connectivity index (χ3n) is 3.77.